The topological polar surface area (TPSA) is 412 Å². The van der Waals surface area contributed by atoms with Crippen LogP contribution in [0.1, 0.15) is 0 Å². The highest BCUT2D eigenvalue weighted by molar-refractivity contribution is 14.1. The first-order chi connectivity index (χ1) is 36.7. The summed E-state index contributed by atoms with van der Waals surface area (Å²) in [6.07, 6.45) is -55.6. The van der Waals surface area contributed by atoms with Gasteiger partial charge in [-0.05, 0) is 0 Å². The molecule has 21 aliphatic heterocycles. The van der Waals surface area contributed by atoms with Gasteiger partial charge >= 0.3 is 0 Å². The van der Waals surface area contributed by atoms with Crippen molar-refractivity contribution in [1.82, 2.24) is 0 Å². The minimum absolute atomic E-state index is 0.0801. The third kappa shape index (κ3) is 14.1. The quantitative estimate of drug-likeness (QED) is 0.0837. The first-order valence-electron chi connectivity index (χ1n) is 24.3. The second-order valence-corrected chi connectivity index (χ2v) is 25.6. The van der Waals surface area contributed by atoms with Gasteiger partial charge < -0.3 is 138 Å². The summed E-state index contributed by atoms with van der Waals surface area (Å²) in [5.74, 6) is 0. The standard InChI is InChI=1S/C42H63I7O28/c43-1-8-29-15(50)22(57)36(64-8)72-30-9(2-44)66-38(24(59)17(30)52)74-32-11(4-46)68-40(26(61)19(32)54)76-34-13(6-48)70-42(28(63)21(34)56)77-35-14(7-49)69-41(27(62)20(35)55)75-33-12(5-47)67-39(25(60)18(33)53)73-31-10(3-45)65-37(71-29)23(58)16(31)51/h8-42,50-63H,1-7H2/t8-,9-,10-,11-,12-,13-,14-,15-,16-,17-,18-,19-,20-,21?,22-,23-,24-,25-,26-,27-,28-,29-,30-,31-,32-,33-,34-,35-,36?,37-,38-,39-,40-,41-,42-/m1/s1. The molecule has 0 aromatic carbocycles. The monoisotopic (exact) mass is 1900 g/mol. The summed E-state index contributed by atoms with van der Waals surface area (Å²) >= 11 is 13.5. The Balaban J connectivity index is 1.08. The van der Waals surface area contributed by atoms with Crippen molar-refractivity contribution >= 4 is 158 Å². The van der Waals surface area contributed by atoms with Crippen LogP contribution >= 0.6 is 158 Å². The summed E-state index contributed by atoms with van der Waals surface area (Å²) < 4.78 is 85.7. The van der Waals surface area contributed by atoms with Crippen LogP contribution in [0.15, 0.2) is 0 Å². The predicted octanol–water partition coefficient (Wildman–Crippen LogP) is -5.13. The molecular weight excluding hydrogens is 1840 g/mol. The zero-order chi connectivity index (χ0) is 56.1. The highest BCUT2D eigenvalue weighted by atomic mass is 127. The van der Waals surface area contributed by atoms with Crippen molar-refractivity contribution in [3.63, 3.8) is 0 Å². The van der Waals surface area contributed by atoms with Crippen LogP contribution in [0.5, 0.6) is 0 Å². The number of hydrogen-bond donors (Lipinski definition) is 14. The number of rotatable bonds is 7. The molecule has 21 saturated heterocycles. The molecule has 0 amide bonds. The summed E-state index contributed by atoms with van der Waals surface area (Å²) in [7, 11) is 0. The molecule has 0 spiro atoms. The summed E-state index contributed by atoms with van der Waals surface area (Å²) in [6.45, 7) is 0. The Hall–Kier alpha value is 3.99. The number of alkyl halides is 7. The van der Waals surface area contributed by atoms with Gasteiger partial charge in [0.05, 0.1) is 42.7 Å². The number of ether oxygens (including phenoxy) is 14. The van der Waals surface area contributed by atoms with Crippen molar-refractivity contribution in [2.24, 2.45) is 0 Å². The van der Waals surface area contributed by atoms with Gasteiger partial charge in [0, 0.05) is 31.0 Å². The van der Waals surface area contributed by atoms with Crippen LogP contribution in [-0.2, 0) is 66.3 Å². The maximum Gasteiger partial charge on any atom is 0.187 e. The SMILES string of the molecule is OC1[C@@H](O)[C@H]2O[C@H]3[C@H](O)[C@@H](O)[C@@H](O[C@H]4[C@H](O)[C@@H](O)[C@@H](O[C@H]5[C@H](O)[C@@H](O)[C@@H](O[C@H]6[C@H](O)[C@@H](O)C(O[C@H]7[C@H](O)[C@@H](O)[C@@H](O[C@H]8[C@H](O)[C@@H](O)[C@H](O[C@@H]8CI)O[C@@H]1[C@@H](CI)O2)O[C@@H]7CI)O[C@@H]6CI)O[C@@H]5CI)O[C@@H]4CI)O[C@@H]3CI. The number of hydrogen-bond acceptors (Lipinski definition) is 28. The van der Waals surface area contributed by atoms with E-state index in [4.69, 9.17) is 66.3 Å². The molecule has 14 bridgehead atoms. The maximum atomic E-state index is 11.6. The van der Waals surface area contributed by atoms with Crippen LogP contribution in [0.4, 0.5) is 0 Å². The summed E-state index contributed by atoms with van der Waals surface area (Å²) in [6, 6.07) is 0. The molecular formula is C42H63I7O28. The van der Waals surface area contributed by atoms with Gasteiger partial charge in [-0.1, -0.05) is 158 Å². The van der Waals surface area contributed by atoms with Crippen LogP contribution < -0.4 is 0 Å². The zero-order valence-corrected chi connectivity index (χ0v) is 54.9. The fraction of sp³-hybridized carbons (Fsp3) is 1.00. The van der Waals surface area contributed by atoms with Gasteiger partial charge in [0.25, 0.3) is 0 Å². The van der Waals surface area contributed by atoms with E-state index < -0.39 is 215 Å². The predicted molar refractivity (Wildman–Crippen MR) is 311 cm³/mol. The lowest BCUT2D eigenvalue weighted by molar-refractivity contribution is -0.388. The van der Waals surface area contributed by atoms with E-state index in [-0.39, 0.29) is 31.0 Å². The maximum absolute atomic E-state index is 11.6. The Morgan fingerprint density at radius 1 is 0.169 bits per heavy atom. The zero-order valence-electron chi connectivity index (χ0n) is 39.8. The van der Waals surface area contributed by atoms with Crippen molar-refractivity contribution < 1.29 is 138 Å². The molecule has 35 atom stereocenters. The Morgan fingerprint density at radius 3 is 0.364 bits per heavy atom. The molecule has 2 unspecified atom stereocenters. The van der Waals surface area contributed by atoms with E-state index in [0.29, 0.717) is 0 Å². The molecule has 14 N–H and O–H groups in total. The molecule has 21 aliphatic rings. The van der Waals surface area contributed by atoms with Gasteiger partial charge in [-0.2, -0.15) is 0 Å². The third-order valence-electron chi connectivity index (χ3n) is 14.6. The van der Waals surface area contributed by atoms with Crippen LogP contribution in [0.25, 0.3) is 0 Å². The molecule has 21 rings (SSSR count). The molecule has 28 nitrogen and oxygen atoms in total. The van der Waals surface area contributed by atoms with E-state index >= 15 is 0 Å². The van der Waals surface area contributed by atoms with Crippen LogP contribution in [-0.4, -0.2) is 317 Å². The van der Waals surface area contributed by atoms with Crippen LogP contribution in [0.3, 0.4) is 0 Å². The van der Waals surface area contributed by atoms with Crippen molar-refractivity contribution in [1.29, 1.82) is 0 Å². The average Bonchev–Trinajstić information content (AvgIpc) is 3.42. The minimum Gasteiger partial charge on any atom is -0.387 e. The van der Waals surface area contributed by atoms with Gasteiger partial charge in [0.1, 0.15) is 128 Å². The van der Waals surface area contributed by atoms with Crippen LogP contribution in [0.2, 0.25) is 0 Å². The Morgan fingerprint density at radius 2 is 0.273 bits per heavy atom. The number of aliphatic hydroxyl groups excluding tert-OH is 14. The molecule has 0 saturated carbocycles. The molecule has 35 heteroatoms. The molecule has 0 aromatic heterocycles. The molecule has 21 fully saturated rings. The van der Waals surface area contributed by atoms with Gasteiger partial charge in [-0.25, -0.2) is 0 Å². The second kappa shape index (κ2) is 29.5. The molecule has 0 aliphatic carbocycles. The van der Waals surface area contributed by atoms with E-state index in [1.807, 2.05) is 158 Å². The van der Waals surface area contributed by atoms with Crippen molar-refractivity contribution in [2.45, 2.75) is 215 Å². The molecule has 0 radical (unpaired) electrons. The first kappa shape index (κ1) is 66.9. The largest absolute Gasteiger partial charge is 0.387 e. The number of aliphatic hydroxyl groups is 14. The van der Waals surface area contributed by atoms with Crippen molar-refractivity contribution in [3.05, 3.63) is 0 Å². The van der Waals surface area contributed by atoms with E-state index in [0.717, 1.165) is 0 Å². The van der Waals surface area contributed by atoms with Crippen molar-refractivity contribution in [2.75, 3.05) is 31.0 Å². The van der Waals surface area contributed by atoms with Crippen molar-refractivity contribution in [3.8, 4) is 0 Å². The Kier molecular flexibility index (Phi) is 25.7. The van der Waals surface area contributed by atoms with Gasteiger partial charge in [-0.15, -0.1) is 0 Å². The van der Waals surface area contributed by atoms with Gasteiger partial charge in [0.2, 0.25) is 0 Å². The Labute approximate surface area is 535 Å². The fourth-order valence-corrected chi connectivity index (χ4v) is 15.2. The molecule has 21 heterocycles. The lowest BCUT2D eigenvalue weighted by atomic mass is 9.96. The summed E-state index contributed by atoms with van der Waals surface area (Å²) in [5, 5.41) is 161. The molecule has 0 aromatic rings. The highest BCUT2D eigenvalue weighted by Crippen LogP contribution is 2.40. The van der Waals surface area contributed by atoms with Gasteiger partial charge in [0.15, 0.2) is 44.0 Å². The fourth-order valence-electron chi connectivity index (χ4n) is 10.3. The normalized spacial score (nSPS) is 55.4. The van der Waals surface area contributed by atoms with E-state index in [9.17, 15) is 71.5 Å². The third-order valence-corrected chi connectivity index (χ3v) is 20.7. The molecule has 448 valence electrons. The lowest BCUT2D eigenvalue weighted by Gasteiger charge is -2.50. The lowest BCUT2D eigenvalue weighted by Crippen LogP contribution is -2.68. The van der Waals surface area contributed by atoms with Gasteiger partial charge in [-0.3, -0.25) is 0 Å². The number of halogens is 7. The summed E-state index contributed by atoms with van der Waals surface area (Å²) in [4.78, 5) is 0. The van der Waals surface area contributed by atoms with E-state index in [1.165, 1.54) is 0 Å². The highest BCUT2D eigenvalue weighted by Gasteiger charge is 2.59. The smallest absolute Gasteiger partial charge is 0.187 e. The minimum atomic E-state index is -1.90. The van der Waals surface area contributed by atoms with E-state index in [1.54, 1.807) is 0 Å². The second-order valence-electron chi connectivity index (χ2n) is 19.5. The summed E-state index contributed by atoms with van der Waals surface area (Å²) in [5.41, 5.74) is 0. The average molecular weight is 1900 g/mol. The Bertz CT molecular complexity index is 1490. The molecule has 77 heavy (non-hydrogen) atoms. The first-order valence-corrected chi connectivity index (χ1v) is 35.0. The van der Waals surface area contributed by atoms with E-state index in [2.05, 4.69) is 0 Å². The van der Waals surface area contributed by atoms with Crippen LogP contribution in [0, 0.1) is 0 Å².